The maximum atomic E-state index is 12.5. The van der Waals surface area contributed by atoms with Crippen LogP contribution in [0, 0.1) is 0 Å². The molecule has 110 valence electrons. The second-order valence-corrected chi connectivity index (χ2v) is 7.00. The Morgan fingerprint density at radius 2 is 1.29 bits per heavy atom. The summed E-state index contributed by atoms with van der Waals surface area (Å²) >= 11 is 8.77. The summed E-state index contributed by atoms with van der Waals surface area (Å²) in [6.07, 6.45) is 0. The van der Waals surface area contributed by atoms with Crippen LogP contribution >= 0.6 is 25.3 Å². The number of carbonyl (C=O) groups excluding carboxylic acids is 1. The Morgan fingerprint density at radius 3 is 1.76 bits per heavy atom. The minimum atomic E-state index is -1.28. The molecule has 0 aromatic heterocycles. The van der Waals surface area contributed by atoms with Gasteiger partial charge in [0.25, 0.3) is 0 Å². The average Bonchev–Trinajstić information content (AvgIpc) is 2.48. The van der Waals surface area contributed by atoms with Gasteiger partial charge in [0.05, 0.1) is 0 Å². The van der Waals surface area contributed by atoms with Crippen LogP contribution in [0.3, 0.4) is 0 Å². The van der Waals surface area contributed by atoms with Crippen LogP contribution in [0.25, 0.3) is 0 Å². The molecule has 2 rings (SSSR count). The fourth-order valence-electron chi connectivity index (χ4n) is 1.99. The highest BCUT2D eigenvalue weighted by Gasteiger charge is 2.38. The van der Waals surface area contributed by atoms with E-state index in [1.54, 1.807) is 12.1 Å². The summed E-state index contributed by atoms with van der Waals surface area (Å²) in [5, 5.41) is 0. The van der Waals surface area contributed by atoms with Gasteiger partial charge >= 0.3 is 5.97 Å². The van der Waals surface area contributed by atoms with Crippen molar-refractivity contribution in [2.24, 2.45) is 0 Å². The predicted octanol–water partition coefficient (Wildman–Crippen LogP) is 4.18. The van der Waals surface area contributed by atoms with Crippen LogP contribution in [0.1, 0.15) is 25.0 Å². The number of thiol groups is 2. The summed E-state index contributed by atoms with van der Waals surface area (Å²) in [6.45, 7) is 3.70. The average molecular weight is 318 g/mol. The lowest BCUT2D eigenvalue weighted by Gasteiger charge is -2.30. The summed E-state index contributed by atoms with van der Waals surface area (Å²) in [7, 11) is 0. The van der Waals surface area contributed by atoms with E-state index in [0.29, 0.717) is 5.56 Å². The first-order chi connectivity index (χ1) is 9.84. The molecule has 0 heterocycles. The fraction of sp³-hybridized carbons (Fsp3) is 0.235. The number of benzene rings is 2. The molecule has 0 fully saturated rings. The van der Waals surface area contributed by atoms with Crippen molar-refractivity contribution < 1.29 is 9.53 Å². The monoisotopic (exact) mass is 318 g/mol. The van der Waals surface area contributed by atoms with Crippen molar-refractivity contribution in [3.8, 4) is 0 Å². The van der Waals surface area contributed by atoms with Gasteiger partial charge in [-0.3, -0.25) is 0 Å². The van der Waals surface area contributed by atoms with Crippen LogP contribution in [0.15, 0.2) is 60.7 Å². The van der Waals surface area contributed by atoms with Gasteiger partial charge < -0.3 is 4.74 Å². The zero-order chi connectivity index (χ0) is 15.5. The van der Waals surface area contributed by atoms with Gasteiger partial charge in [0.15, 0.2) is 4.08 Å². The molecule has 0 N–H and O–H groups in total. The molecule has 0 saturated heterocycles. The minimum absolute atomic E-state index is 0.491. The third kappa shape index (κ3) is 3.63. The first-order valence-corrected chi connectivity index (χ1v) is 7.53. The van der Waals surface area contributed by atoms with Gasteiger partial charge in [0.2, 0.25) is 0 Å². The van der Waals surface area contributed by atoms with E-state index in [1.807, 2.05) is 62.4 Å². The molecule has 4 heteroatoms. The number of hydrogen-bond acceptors (Lipinski definition) is 4. The van der Waals surface area contributed by atoms with E-state index in [1.165, 1.54) is 0 Å². The number of ether oxygens (including phenoxy) is 1. The topological polar surface area (TPSA) is 26.3 Å². The highest BCUT2D eigenvalue weighted by Crippen LogP contribution is 2.37. The second-order valence-electron chi connectivity index (χ2n) is 5.30. The summed E-state index contributed by atoms with van der Waals surface area (Å²) in [5.41, 5.74) is 0.860. The normalized spacial score (nSPS) is 12.0. The highest BCUT2D eigenvalue weighted by atomic mass is 32.2. The van der Waals surface area contributed by atoms with Gasteiger partial charge in [-0.05, 0) is 25.0 Å². The van der Waals surface area contributed by atoms with E-state index < -0.39 is 15.6 Å². The maximum Gasteiger partial charge on any atom is 0.337 e. The molecule has 0 aliphatic rings. The molecule has 0 saturated carbocycles. The fourth-order valence-corrected chi connectivity index (χ4v) is 2.38. The van der Waals surface area contributed by atoms with Gasteiger partial charge in [-0.1, -0.05) is 60.7 Å². The Hall–Kier alpha value is -1.39. The Morgan fingerprint density at radius 1 is 0.857 bits per heavy atom. The SMILES string of the molecule is CC(C)(OC(=O)C(S)(S)c1ccccc1)c1ccccc1. The molecule has 2 nitrogen and oxygen atoms in total. The highest BCUT2D eigenvalue weighted by molar-refractivity contribution is 8.01. The second kappa shape index (κ2) is 6.16. The van der Waals surface area contributed by atoms with Crippen LogP contribution in [0.4, 0.5) is 0 Å². The first-order valence-electron chi connectivity index (χ1n) is 6.63. The predicted molar refractivity (Wildman–Crippen MR) is 91.7 cm³/mol. The Labute approximate surface area is 136 Å². The maximum absolute atomic E-state index is 12.5. The molecule has 0 aliphatic heterocycles. The molecular formula is C17H18O2S2. The van der Waals surface area contributed by atoms with Crippen molar-refractivity contribution in [1.29, 1.82) is 0 Å². The Bertz CT molecular complexity index is 607. The molecule has 2 aromatic rings. The van der Waals surface area contributed by atoms with Gasteiger partial charge in [0, 0.05) is 0 Å². The van der Waals surface area contributed by atoms with E-state index in [2.05, 4.69) is 25.3 Å². The standard InChI is InChI=1S/C17H18O2S2/c1-16(2,13-9-5-3-6-10-13)19-15(18)17(20,21)14-11-7-4-8-12-14/h3-12,20-21H,1-2H3. The largest absolute Gasteiger partial charge is 0.453 e. The van der Waals surface area contributed by atoms with Crippen molar-refractivity contribution in [2.75, 3.05) is 0 Å². The van der Waals surface area contributed by atoms with E-state index in [4.69, 9.17) is 4.74 Å². The summed E-state index contributed by atoms with van der Waals surface area (Å²) in [5.74, 6) is -0.491. The number of rotatable bonds is 4. The van der Waals surface area contributed by atoms with Gasteiger partial charge in [-0.25, -0.2) is 4.79 Å². The molecule has 0 amide bonds. The lowest BCUT2D eigenvalue weighted by atomic mass is 9.98. The Kier molecular flexibility index (Phi) is 4.69. The molecule has 0 unspecified atom stereocenters. The van der Waals surface area contributed by atoms with Crippen molar-refractivity contribution in [2.45, 2.75) is 23.5 Å². The third-order valence-electron chi connectivity index (χ3n) is 3.28. The number of esters is 1. The number of hydrogen-bond donors (Lipinski definition) is 2. The van der Waals surface area contributed by atoms with Crippen molar-refractivity contribution >= 4 is 31.2 Å². The molecule has 0 spiro atoms. The van der Waals surface area contributed by atoms with Gasteiger partial charge in [-0.15, -0.1) is 25.3 Å². The van der Waals surface area contributed by atoms with Crippen LogP contribution in [-0.2, 0) is 19.2 Å². The summed E-state index contributed by atoms with van der Waals surface area (Å²) < 4.78 is 4.37. The minimum Gasteiger partial charge on any atom is -0.453 e. The molecule has 0 radical (unpaired) electrons. The zero-order valence-corrected chi connectivity index (χ0v) is 13.8. The number of carbonyl (C=O) groups is 1. The van der Waals surface area contributed by atoms with Crippen LogP contribution in [0.5, 0.6) is 0 Å². The summed E-state index contributed by atoms with van der Waals surface area (Å²) in [6, 6.07) is 18.8. The first kappa shape index (κ1) is 16.0. The van der Waals surface area contributed by atoms with Crippen molar-refractivity contribution in [3.05, 3.63) is 71.8 Å². The summed E-state index contributed by atoms with van der Waals surface area (Å²) in [4.78, 5) is 12.5. The molecule has 0 bridgehead atoms. The lowest BCUT2D eigenvalue weighted by molar-refractivity contribution is -0.157. The third-order valence-corrected chi connectivity index (χ3v) is 4.16. The van der Waals surface area contributed by atoms with Gasteiger partial charge in [0.1, 0.15) is 5.60 Å². The van der Waals surface area contributed by atoms with E-state index in [9.17, 15) is 4.79 Å². The molecule has 21 heavy (non-hydrogen) atoms. The van der Waals surface area contributed by atoms with E-state index >= 15 is 0 Å². The van der Waals surface area contributed by atoms with Crippen molar-refractivity contribution in [1.82, 2.24) is 0 Å². The van der Waals surface area contributed by atoms with Crippen molar-refractivity contribution in [3.63, 3.8) is 0 Å². The van der Waals surface area contributed by atoms with E-state index in [-0.39, 0.29) is 0 Å². The molecule has 0 aliphatic carbocycles. The van der Waals surface area contributed by atoms with Crippen LogP contribution < -0.4 is 0 Å². The van der Waals surface area contributed by atoms with Gasteiger partial charge in [-0.2, -0.15) is 0 Å². The van der Waals surface area contributed by atoms with E-state index in [0.717, 1.165) is 5.56 Å². The molecule has 0 atom stereocenters. The van der Waals surface area contributed by atoms with Crippen LogP contribution in [-0.4, -0.2) is 5.97 Å². The molecular weight excluding hydrogens is 300 g/mol. The Balaban J connectivity index is 2.21. The molecule has 2 aromatic carbocycles. The smallest absolute Gasteiger partial charge is 0.337 e. The zero-order valence-electron chi connectivity index (χ0n) is 12.0. The van der Waals surface area contributed by atoms with Crippen LogP contribution in [0.2, 0.25) is 0 Å². The quantitative estimate of drug-likeness (QED) is 0.502. The lowest BCUT2D eigenvalue weighted by Crippen LogP contribution is -2.34.